The number of rotatable bonds is 3. The van der Waals surface area contributed by atoms with Crippen LogP contribution in [0.3, 0.4) is 0 Å². The number of hydrogen-bond donors (Lipinski definition) is 1. The molecular weight excluding hydrogens is 383 g/mol. The molecule has 0 aliphatic rings. The van der Waals surface area contributed by atoms with Gasteiger partial charge in [-0.15, -0.1) is 11.3 Å². The van der Waals surface area contributed by atoms with Gasteiger partial charge in [-0.05, 0) is 35.0 Å². The Morgan fingerprint density at radius 2 is 2.09 bits per heavy atom. The zero-order valence-corrected chi connectivity index (χ0v) is 14.3. The maximum atomic E-state index is 13.8. The van der Waals surface area contributed by atoms with Gasteiger partial charge < -0.3 is 0 Å². The van der Waals surface area contributed by atoms with Gasteiger partial charge in [0.2, 0.25) is 0 Å². The van der Waals surface area contributed by atoms with Gasteiger partial charge in [0, 0.05) is 17.1 Å². The van der Waals surface area contributed by atoms with Crippen LogP contribution >= 0.6 is 27.3 Å². The fourth-order valence-electron chi connectivity index (χ4n) is 1.89. The molecule has 3 rings (SSSR count). The maximum absolute atomic E-state index is 13.8. The van der Waals surface area contributed by atoms with Crippen LogP contribution in [0, 0.1) is 12.7 Å². The predicted octanol–water partition coefficient (Wildman–Crippen LogP) is 4.06. The zero-order chi connectivity index (χ0) is 16.4. The van der Waals surface area contributed by atoms with E-state index in [0.29, 0.717) is 26.7 Å². The van der Waals surface area contributed by atoms with Crippen molar-refractivity contribution in [1.82, 2.24) is 15.0 Å². The summed E-state index contributed by atoms with van der Waals surface area (Å²) in [6, 6.07) is 6.35. The smallest absolute Gasteiger partial charge is 0.277 e. The number of thiazole rings is 1. The van der Waals surface area contributed by atoms with Crippen molar-refractivity contribution in [2.24, 2.45) is 0 Å². The van der Waals surface area contributed by atoms with Gasteiger partial charge >= 0.3 is 0 Å². The fourth-order valence-corrected chi connectivity index (χ4v) is 2.97. The largest absolute Gasteiger partial charge is 0.296 e. The minimum atomic E-state index is -0.406. The number of nitrogens with one attached hydrogen (secondary N) is 1. The molecule has 23 heavy (non-hydrogen) atoms. The molecular formula is C15H10BrFN4OS. The summed E-state index contributed by atoms with van der Waals surface area (Å²) < 4.78 is 14.3. The number of nitrogens with zero attached hydrogens (tertiary/aromatic N) is 3. The van der Waals surface area contributed by atoms with Crippen LogP contribution in [0.15, 0.2) is 40.3 Å². The van der Waals surface area contributed by atoms with Crippen LogP contribution in [-0.2, 0) is 0 Å². The Kier molecular flexibility index (Phi) is 4.44. The van der Waals surface area contributed by atoms with Gasteiger partial charge in [-0.3, -0.25) is 10.1 Å². The number of carbonyl (C=O) groups is 1. The average molecular weight is 393 g/mol. The Morgan fingerprint density at radius 3 is 2.87 bits per heavy atom. The summed E-state index contributed by atoms with van der Waals surface area (Å²) in [5.74, 6) is -0.272. The van der Waals surface area contributed by atoms with E-state index in [1.165, 1.54) is 23.6 Å². The highest BCUT2D eigenvalue weighted by Gasteiger charge is 2.15. The number of carbonyl (C=O) groups excluding carboxylic acids is 1. The fraction of sp³-hybridized carbons (Fsp3) is 0.0667. The van der Waals surface area contributed by atoms with Gasteiger partial charge in [-0.1, -0.05) is 12.1 Å². The van der Waals surface area contributed by atoms with Gasteiger partial charge in [0.25, 0.3) is 5.91 Å². The van der Waals surface area contributed by atoms with Crippen molar-refractivity contribution in [3.63, 3.8) is 0 Å². The van der Waals surface area contributed by atoms with E-state index in [2.05, 4.69) is 36.2 Å². The van der Waals surface area contributed by atoms with E-state index in [-0.39, 0.29) is 11.5 Å². The van der Waals surface area contributed by atoms with E-state index in [1.807, 2.05) is 0 Å². The summed E-state index contributed by atoms with van der Waals surface area (Å²) in [6.07, 6.45) is 1.52. The van der Waals surface area contributed by atoms with Gasteiger partial charge in [0.15, 0.2) is 5.13 Å². The number of aromatic nitrogens is 3. The first kappa shape index (κ1) is 15.7. The number of hydrogen-bond acceptors (Lipinski definition) is 5. The monoisotopic (exact) mass is 392 g/mol. The molecule has 3 aromatic rings. The lowest BCUT2D eigenvalue weighted by atomic mass is 10.2. The Morgan fingerprint density at radius 1 is 1.30 bits per heavy atom. The van der Waals surface area contributed by atoms with E-state index >= 15 is 0 Å². The van der Waals surface area contributed by atoms with Crippen molar-refractivity contribution in [2.75, 3.05) is 5.32 Å². The first-order chi connectivity index (χ1) is 11.0. The number of aryl methyl sites for hydroxylation is 1. The van der Waals surface area contributed by atoms with E-state index in [9.17, 15) is 9.18 Å². The molecule has 116 valence electrons. The van der Waals surface area contributed by atoms with Crippen molar-refractivity contribution in [1.29, 1.82) is 0 Å². The second-order valence-electron chi connectivity index (χ2n) is 4.59. The van der Waals surface area contributed by atoms with Crippen LogP contribution in [0.5, 0.6) is 0 Å². The highest BCUT2D eigenvalue weighted by atomic mass is 79.9. The van der Waals surface area contributed by atoms with Gasteiger partial charge in [0.05, 0.1) is 10.2 Å². The van der Waals surface area contributed by atoms with Crippen LogP contribution in [-0.4, -0.2) is 20.9 Å². The molecule has 0 bridgehead atoms. The lowest BCUT2D eigenvalue weighted by molar-refractivity contribution is 0.102. The minimum Gasteiger partial charge on any atom is -0.296 e. The Balaban J connectivity index is 1.83. The van der Waals surface area contributed by atoms with Crippen molar-refractivity contribution in [2.45, 2.75) is 6.92 Å². The molecule has 0 atom stereocenters. The van der Waals surface area contributed by atoms with E-state index < -0.39 is 5.91 Å². The lowest BCUT2D eigenvalue weighted by Crippen LogP contribution is -2.15. The molecule has 0 aliphatic carbocycles. The molecule has 0 radical (unpaired) electrons. The number of halogens is 2. The van der Waals surface area contributed by atoms with Crippen LogP contribution in [0.4, 0.5) is 9.52 Å². The summed E-state index contributed by atoms with van der Waals surface area (Å²) in [5, 5.41) is 4.72. The normalized spacial score (nSPS) is 10.6. The van der Waals surface area contributed by atoms with Crippen LogP contribution in [0.1, 0.15) is 16.3 Å². The summed E-state index contributed by atoms with van der Waals surface area (Å²) in [7, 11) is 0. The molecule has 0 unspecified atom stereocenters. The molecule has 2 heterocycles. The quantitative estimate of drug-likeness (QED) is 0.729. The molecule has 1 N–H and O–H groups in total. The minimum absolute atomic E-state index is 0.222. The van der Waals surface area contributed by atoms with Gasteiger partial charge in [0.1, 0.15) is 17.3 Å². The van der Waals surface area contributed by atoms with Gasteiger partial charge in [-0.25, -0.2) is 19.3 Å². The first-order valence-electron chi connectivity index (χ1n) is 6.55. The Hall–Kier alpha value is -2.19. The summed E-state index contributed by atoms with van der Waals surface area (Å²) in [6.45, 7) is 1.70. The van der Waals surface area contributed by atoms with Crippen molar-refractivity contribution in [3.8, 4) is 11.3 Å². The number of amides is 1. The van der Waals surface area contributed by atoms with Crippen molar-refractivity contribution in [3.05, 3.63) is 57.7 Å². The average Bonchev–Trinajstić information content (AvgIpc) is 2.98. The highest BCUT2D eigenvalue weighted by Crippen LogP contribution is 2.27. The Labute approximate surface area is 143 Å². The van der Waals surface area contributed by atoms with Crippen molar-refractivity contribution >= 4 is 38.3 Å². The van der Waals surface area contributed by atoms with E-state index in [4.69, 9.17) is 0 Å². The lowest BCUT2D eigenvalue weighted by Gasteiger charge is -2.04. The summed E-state index contributed by atoms with van der Waals surface area (Å²) in [5.41, 5.74) is 1.09. The third kappa shape index (κ3) is 3.43. The SMILES string of the molecule is Cc1ncc(Br)c(C(=O)Nc2nc(-c3ccccc3F)cs2)n1. The molecule has 1 amide bonds. The second-order valence-corrected chi connectivity index (χ2v) is 6.30. The molecule has 1 aromatic carbocycles. The summed E-state index contributed by atoms with van der Waals surface area (Å²) >= 11 is 4.46. The van der Waals surface area contributed by atoms with E-state index in [0.717, 1.165) is 0 Å². The van der Waals surface area contributed by atoms with Crippen LogP contribution in [0.25, 0.3) is 11.3 Å². The first-order valence-corrected chi connectivity index (χ1v) is 8.23. The molecule has 0 saturated heterocycles. The van der Waals surface area contributed by atoms with E-state index in [1.54, 1.807) is 30.5 Å². The topological polar surface area (TPSA) is 67.8 Å². The van der Waals surface area contributed by atoms with Crippen LogP contribution in [0.2, 0.25) is 0 Å². The Bertz CT molecular complexity index is 883. The number of benzene rings is 1. The second kappa shape index (κ2) is 6.51. The third-order valence-corrected chi connectivity index (χ3v) is 4.29. The highest BCUT2D eigenvalue weighted by molar-refractivity contribution is 9.10. The molecule has 0 saturated carbocycles. The molecule has 0 aliphatic heterocycles. The predicted molar refractivity (Wildman–Crippen MR) is 89.9 cm³/mol. The number of anilines is 1. The van der Waals surface area contributed by atoms with Gasteiger partial charge in [-0.2, -0.15) is 0 Å². The molecule has 0 fully saturated rings. The third-order valence-electron chi connectivity index (χ3n) is 2.95. The molecule has 2 aromatic heterocycles. The standard InChI is InChI=1S/C15H10BrFN4OS/c1-8-18-6-10(16)13(19-8)14(22)21-15-20-12(7-23-15)9-4-2-3-5-11(9)17/h2-7H,1H3,(H,20,21,22). The molecule has 5 nitrogen and oxygen atoms in total. The summed E-state index contributed by atoms with van der Waals surface area (Å²) in [4.78, 5) is 24.6. The molecule has 8 heteroatoms. The molecule has 0 spiro atoms. The van der Waals surface area contributed by atoms with Crippen LogP contribution < -0.4 is 5.32 Å². The van der Waals surface area contributed by atoms with Crippen molar-refractivity contribution < 1.29 is 9.18 Å². The maximum Gasteiger partial charge on any atom is 0.277 e. The zero-order valence-electron chi connectivity index (χ0n) is 11.9.